The Labute approximate surface area is 232 Å². The standard InChI is InChI=1S/C27H43N7O4S/c1-4-19-18-32(2)24-25(34(19)20-9-5-6-10-20)30-27(28,31-26(24)35)29-22-12-11-21(17-23(22)38-3)39(36,37)16-15-33-13-7-8-14-33/h11-12,17,19-20,29-30H,4-10,13-16,18,28H2,1-3H3,(H,31,35)/t19?,27-/m0/s1. The van der Waals surface area contributed by atoms with E-state index < -0.39 is 15.7 Å². The zero-order chi connectivity index (χ0) is 27.8. The molecule has 1 aliphatic carbocycles. The number of methoxy groups -OCH3 is 1. The summed E-state index contributed by atoms with van der Waals surface area (Å²) in [6.45, 7) is 5.37. The number of nitrogens with one attached hydrogen (secondary N) is 3. The molecule has 1 amide bonds. The minimum absolute atomic E-state index is 0.0570. The van der Waals surface area contributed by atoms with E-state index in [9.17, 15) is 13.2 Å². The molecule has 4 aliphatic rings. The van der Waals surface area contributed by atoms with Gasteiger partial charge in [-0.2, -0.15) is 0 Å². The van der Waals surface area contributed by atoms with E-state index in [-0.39, 0.29) is 22.6 Å². The topological polar surface area (TPSA) is 132 Å². The highest BCUT2D eigenvalue weighted by molar-refractivity contribution is 7.91. The van der Waals surface area contributed by atoms with Crippen molar-refractivity contribution >= 4 is 21.4 Å². The summed E-state index contributed by atoms with van der Waals surface area (Å²) >= 11 is 0. The largest absolute Gasteiger partial charge is 0.495 e. The van der Waals surface area contributed by atoms with E-state index in [0.717, 1.165) is 57.6 Å². The number of ether oxygens (including phenoxy) is 1. The van der Waals surface area contributed by atoms with Crippen LogP contribution >= 0.6 is 0 Å². The second-order valence-electron chi connectivity index (χ2n) is 11.2. The monoisotopic (exact) mass is 561 g/mol. The molecule has 0 bridgehead atoms. The molecule has 2 atom stereocenters. The summed E-state index contributed by atoms with van der Waals surface area (Å²) in [4.78, 5) is 20.2. The molecular formula is C27H43N7O4S. The highest BCUT2D eigenvalue weighted by Crippen LogP contribution is 2.36. The van der Waals surface area contributed by atoms with Crippen LogP contribution in [0.15, 0.2) is 34.6 Å². The molecule has 1 saturated heterocycles. The van der Waals surface area contributed by atoms with Crippen LogP contribution in [-0.4, -0.2) is 93.1 Å². The number of carbonyl (C=O) groups is 1. The lowest BCUT2D eigenvalue weighted by Gasteiger charge is -2.52. The number of nitrogens with two attached hydrogens (primary N) is 1. The summed E-state index contributed by atoms with van der Waals surface area (Å²) in [7, 11) is -0.0614. The molecule has 3 aliphatic heterocycles. The van der Waals surface area contributed by atoms with E-state index in [1.807, 2.05) is 11.9 Å². The van der Waals surface area contributed by atoms with Crippen molar-refractivity contribution in [2.75, 3.05) is 51.4 Å². The van der Waals surface area contributed by atoms with Crippen molar-refractivity contribution in [1.82, 2.24) is 25.3 Å². The van der Waals surface area contributed by atoms with Gasteiger partial charge in [-0.05, 0) is 57.3 Å². The second-order valence-corrected chi connectivity index (χ2v) is 13.3. The highest BCUT2D eigenvalue weighted by atomic mass is 32.2. The summed E-state index contributed by atoms with van der Waals surface area (Å²) in [5, 5.41) is 9.45. The molecule has 0 spiro atoms. The van der Waals surface area contributed by atoms with Crippen LogP contribution < -0.4 is 26.4 Å². The van der Waals surface area contributed by atoms with Crippen molar-refractivity contribution in [2.45, 2.75) is 74.8 Å². The molecule has 216 valence electrons. The molecule has 2 fully saturated rings. The number of nitrogens with zero attached hydrogens (tertiary/aromatic N) is 3. The maximum Gasteiger partial charge on any atom is 0.275 e. The van der Waals surface area contributed by atoms with E-state index in [0.29, 0.717) is 29.7 Å². The highest BCUT2D eigenvalue weighted by Gasteiger charge is 2.46. The Hall–Kier alpha value is -2.70. The van der Waals surface area contributed by atoms with Gasteiger partial charge in [0, 0.05) is 38.3 Å². The first-order valence-corrected chi connectivity index (χ1v) is 15.8. The lowest BCUT2D eigenvalue weighted by atomic mass is 10.0. The minimum atomic E-state index is -3.49. The van der Waals surface area contributed by atoms with E-state index in [2.05, 4.69) is 32.7 Å². The SMILES string of the molecule is CCC1CN(C)C2=C(N[C@](N)(Nc3ccc(S(=O)(=O)CCN4CCCC4)cc3OC)NC2=O)N1C1CCCC1. The normalized spacial score (nSPS) is 26.5. The first kappa shape index (κ1) is 27.9. The van der Waals surface area contributed by atoms with Crippen LogP contribution in [0.25, 0.3) is 0 Å². The van der Waals surface area contributed by atoms with Crippen LogP contribution in [0.4, 0.5) is 5.69 Å². The number of rotatable bonds is 9. The van der Waals surface area contributed by atoms with Gasteiger partial charge in [-0.3, -0.25) is 15.8 Å². The number of benzene rings is 1. The molecule has 12 heteroatoms. The molecule has 11 nitrogen and oxygen atoms in total. The summed E-state index contributed by atoms with van der Waals surface area (Å²) in [5.74, 6) is -0.647. The number of likely N-dealkylation sites (tertiary alicyclic amines) is 1. The summed E-state index contributed by atoms with van der Waals surface area (Å²) in [6.07, 6.45) is 7.72. The van der Waals surface area contributed by atoms with Crippen LogP contribution in [0.3, 0.4) is 0 Å². The fourth-order valence-electron chi connectivity index (χ4n) is 6.45. The summed E-state index contributed by atoms with van der Waals surface area (Å²) in [5.41, 5.74) is 7.79. The van der Waals surface area contributed by atoms with Crippen molar-refractivity contribution in [3.8, 4) is 5.75 Å². The number of hydrogen-bond acceptors (Lipinski definition) is 10. The Morgan fingerprint density at radius 1 is 1.15 bits per heavy atom. The van der Waals surface area contributed by atoms with Gasteiger partial charge >= 0.3 is 0 Å². The van der Waals surface area contributed by atoms with Crippen molar-refractivity contribution in [2.24, 2.45) is 5.73 Å². The third-order valence-electron chi connectivity index (χ3n) is 8.51. The zero-order valence-corrected chi connectivity index (χ0v) is 24.1. The average Bonchev–Trinajstić information content (AvgIpc) is 3.61. The number of anilines is 1. The van der Waals surface area contributed by atoms with E-state index in [1.54, 1.807) is 12.1 Å². The first-order chi connectivity index (χ1) is 18.6. The van der Waals surface area contributed by atoms with Crippen LogP contribution in [-0.2, 0) is 14.6 Å². The number of sulfone groups is 1. The molecule has 39 heavy (non-hydrogen) atoms. The van der Waals surface area contributed by atoms with E-state index >= 15 is 0 Å². The van der Waals surface area contributed by atoms with Gasteiger partial charge in [0.15, 0.2) is 9.84 Å². The molecule has 5 N–H and O–H groups in total. The maximum absolute atomic E-state index is 13.4. The molecule has 1 aromatic carbocycles. The van der Waals surface area contributed by atoms with Crippen LogP contribution in [0, 0.1) is 0 Å². The summed E-state index contributed by atoms with van der Waals surface area (Å²) in [6, 6.07) is 5.35. The van der Waals surface area contributed by atoms with E-state index in [4.69, 9.17) is 10.5 Å². The van der Waals surface area contributed by atoms with Crippen LogP contribution in [0.1, 0.15) is 51.9 Å². The van der Waals surface area contributed by atoms with Gasteiger partial charge in [0.05, 0.1) is 23.4 Å². The average molecular weight is 562 g/mol. The van der Waals surface area contributed by atoms with Crippen molar-refractivity contribution in [3.63, 3.8) is 0 Å². The smallest absolute Gasteiger partial charge is 0.275 e. The molecule has 5 rings (SSSR count). The zero-order valence-electron chi connectivity index (χ0n) is 23.3. The van der Waals surface area contributed by atoms with Gasteiger partial charge in [0.2, 0.25) is 5.91 Å². The fraction of sp³-hybridized carbons (Fsp3) is 0.667. The molecule has 0 aromatic heterocycles. The van der Waals surface area contributed by atoms with Gasteiger partial charge in [0.25, 0.3) is 5.91 Å². The van der Waals surface area contributed by atoms with Gasteiger partial charge in [-0.15, -0.1) is 0 Å². The number of hydrogen-bond donors (Lipinski definition) is 4. The quantitative estimate of drug-likeness (QED) is 0.328. The molecule has 3 heterocycles. The lowest BCUT2D eigenvalue weighted by Crippen LogP contribution is -2.76. The fourth-order valence-corrected chi connectivity index (χ4v) is 7.74. The van der Waals surface area contributed by atoms with Crippen molar-refractivity contribution in [3.05, 3.63) is 29.7 Å². The summed E-state index contributed by atoms with van der Waals surface area (Å²) < 4.78 is 31.7. The third-order valence-corrected chi connectivity index (χ3v) is 10.2. The molecule has 0 radical (unpaired) electrons. The van der Waals surface area contributed by atoms with Gasteiger partial charge in [-0.1, -0.05) is 19.8 Å². The minimum Gasteiger partial charge on any atom is -0.495 e. The molecular weight excluding hydrogens is 518 g/mol. The Morgan fingerprint density at radius 2 is 1.87 bits per heavy atom. The second kappa shape index (κ2) is 11.1. The maximum atomic E-state index is 13.4. The first-order valence-electron chi connectivity index (χ1n) is 14.2. The van der Waals surface area contributed by atoms with Crippen molar-refractivity contribution < 1.29 is 17.9 Å². The van der Waals surface area contributed by atoms with Gasteiger partial charge in [-0.25, -0.2) is 8.42 Å². The Bertz CT molecular complexity index is 1210. The number of carbonyl (C=O) groups excluding carboxylic acids is 1. The predicted octanol–water partition coefficient (Wildman–Crippen LogP) is 1.40. The Kier molecular flexibility index (Phi) is 7.89. The number of amides is 1. The van der Waals surface area contributed by atoms with Crippen molar-refractivity contribution in [1.29, 1.82) is 0 Å². The van der Waals surface area contributed by atoms with Crippen LogP contribution in [0.2, 0.25) is 0 Å². The predicted molar refractivity (Wildman–Crippen MR) is 150 cm³/mol. The van der Waals surface area contributed by atoms with E-state index in [1.165, 1.54) is 26.0 Å². The molecule has 1 saturated carbocycles. The molecule has 1 unspecified atom stereocenters. The lowest BCUT2D eigenvalue weighted by molar-refractivity contribution is -0.123. The van der Waals surface area contributed by atoms with Crippen LogP contribution in [0.5, 0.6) is 5.75 Å². The Balaban J connectivity index is 1.38. The Morgan fingerprint density at radius 3 is 2.54 bits per heavy atom. The van der Waals surface area contributed by atoms with Gasteiger partial charge < -0.3 is 30.1 Å². The number of likely N-dealkylation sites (N-methyl/N-ethyl adjacent to an activating group) is 1. The molecule has 1 aromatic rings. The third kappa shape index (κ3) is 5.64. The van der Waals surface area contributed by atoms with Gasteiger partial charge in [0.1, 0.15) is 17.3 Å².